The molecule has 0 spiro atoms. The van der Waals surface area contributed by atoms with E-state index in [0.29, 0.717) is 18.6 Å². The Labute approximate surface area is 112 Å². The van der Waals surface area contributed by atoms with Gasteiger partial charge in [0.15, 0.2) is 0 Å². The molecule has 0 bridgehead atoms. The first kappa shape index (κ1) is 15.9. The molecule has 4 nitrogen and oxygen atoms in total. The zero-order valence-corrected chi connectivity index (χ0v) is 12.9. The number of likely N-dealkylation sites (N-methyl/N-ethyl adjacent to an activating group) is 1. The molecule has 1 aliphatic heterocycles. The SMILES string of the molecule is CC1CN(CC(O)CNC(C)(C)C)CC(C)N1C. The summed E-state index contributed by atoms with van der Waals surface area (Å²) in [5, 5.41) is 13.4. The van der Waals surface area contributed by atoms with Gasteiger partial charge in [-0.2, -0.15) is 0 Å². The highest BCUT2D eigenvalue weighted by Gasteiger charge is 2.27. The van der Waals surface area contributed by atoms with Gasteiger partial charge in [-0.3, -0.25) is 9.80 Å². The minimum absolute atomic E-state index is 0.0731. The van der Waals surface area contributed by atoms with Crippen molar-refractivity contribution in [1.29, 1.82) is 0 Å². The van der Waals surface area contributed by atoms with Crippen molar-refractivity contribution in [3.63, 3.8) is 0 Å². The minimum Gasteiger partial charge on any atom is -0.390 e. The van der Waals surface area contributed by atoms with E-state index in [1.807, 2.05) is 0 Å². The van der Waals surface area contributed by atoms with Gasteiger partial charge < -0.3 is 10.4 Å². The molecule has 0 amide bonds. The molecule has 1 rings (SSSR count). The molecule has 2 N–H and O–H groups in total. The summed E-state index contributed by atoms with van der Waals surface area (Å²) in [6.45, 7) is 14.4. The number of nitrogens with zero attached hydrogens (tertiary/aromatic N) is 2. The molecule has 1 aliphatic rings. The highest BCUT2D eigenvalue weighted by molar-refractivity contribution is 4.84. The second kappa shape index (κ2) is 6.33. The number of aliphatic hydroxyl groups is 1. The van der Waals surface area contributed by atoms with Crippen molar-refractivity contribution in [1.82, 2.24) is 15.1 Å². The molecule has 0 aromatic heterocycles. The Bertz CT molecular complexity index is 240. The smallest absolute Gasteiger partial charge is 0.0791 e. The van der Waals surface area contributed by atoms with Gasteiger partial charge in [0.25, 0.3) is 0 Å². The van der Waals surface area contributed by atoms with Gasteiger partial charge in [0.1, 0.15) is 0 Å². The summed E-state index contributed by atoms with van der Waals surface area (Å²) in [6.07, 6.45) is -0.285. The van der Waals surface area contributed by atoms with Crippen LogP contribution in [0.1, 0.15) is 34.6 Å². The van der Waals surface area contributed by atoms with Crippen LogP contribution in [-0.4, -0.2) is 71.9 Å². The molecule has 0 aliphatic carbocycles. The van der Waals surface area contributed by atoms with Gasteiger partial charge in [0.05, 0.1) is 6.10 Å². The van der Waals surface area contributed by atoms with E-state index in [2.05, 4.69) is 56.8 Å². The molecule has 3 atom stereocenters. The van der Waals surface area contributed by atoms with Gasteiger partial charge in [-0.25, -0.2) is 0 Å². The average molecular weight is 257 g/mol. The van der Waals surface area contributed by atoms with Crippen LogP contribution in [0.25, 0.3) is 0 Å². The molecule has 0 aromatic rings. The minimum atomic E-state index is -0.285. The Balaban J connectivity index is 2.34. The van der Waals surface area contributed by atoms with E-state index in [1.165, 1.54) is 0 Å². The maximum absolute atomic E-state index is 10.1. The molecule has 108 valence electrons. The van der Waals surface area contributed by atoms with Crippen LogP contribution >= 0.6 is 0 Å². The van der Waals surface area contributed by atoms with Crippen molar-refractivity contribution in [3.8, 4) is 0 Å². The van der Waals surface area contributed by atoms with E-state index >= 15 is 0 Å². The highest BCUT2D eigenvalue weighted by Crippen LogP contribution is 2.13. The third kappa shape index (κ3) is 5.22. The fraction of sp³-hybridized carbons (Fsp3) is 1.00. The summed E-state index contributed by atoms with van der Waals surface area (Å²) < 4.78 is 0. The Hall–Kier alpha value is -0.160. The third-order valence-electron chi connectivity index (χ3n) is 3.77. The molecule has 1 saturated heterocycles. The van der Waals surface area contributed by atoms with Crippen molar-refractivity contribution < 1.29 is 5.11 Å². The first-order valence-corrected chi connectivity index (χ1v) is 7.06. The van der Waals surface area contributed by atoms with Crippen molar-refractivity contribution in [2.75, 3.05) is 33.2 Å². The number of β-amino-alcohol motifs (C(OH)–C–C–N with tert-alkyl or cyclic N) is 1. The first-order chi connectivity index (χ1) is 8.19. The molecule has 18 heavy (non-hydrogen) atoms. The largest absolute Gasteiger partial charge is 0.390 e. The fourth-order valence-electron chi connectivity index (χ4n) is 2.45. The van der Waals surface area contributed by atoms with Crippen molar-refractivity contribution >= 4 is 0 Å². The maximum Gasteiger partial charge on any atom is 0.0791 e. The summed E-state index contributed by atoms with van der Waals surface area (Å²) in [5.74, 6) is 0. The van der Waals surface area contributed by atoms with Crippen LogP contribution in [0.3, 0.4) is 0 Å². The highest BCUT2D eigenvalue weighted by atomic mass is 16.3. The lowest BCUT2D eigenvalue weighted by Crippen LogP contribution is -2.57. The van der Waals surface area contributed by atoms with Gasteiger partial charge >= 0.3 is 0 Å². The monoisotopic (exact) mass is 257 g/mol. The Kier molecular flexibility index (Phi) is 5.59. The van der Waals surface area contributed by atoms with E-state index < -0.39 is 0 Å². The summed E-state index contributed by atoms with van der Waals surface area (Å²) in [4.78, 5) is 4.79. The first-order valence-electron chi connectivity index (χ1n) is 7.06. The lowest BCUT2D eigenvalue weighted by molar-refractivity contribution is 0.0273. The summed E-state index contributed by atoms with van der Waals surface area (Å²) in [7, 11) is 2.18. The van der Waals surface area contributed by atoms with Crippen LogP contribution in [0.4, 0.5) is 0 Å². The molecule has 4 heteroatoms. The zero-order chi connectivity index (χ0) is 13.9. The molecule has 0 saturated carbocycles. The van der Waals surface area contributed by atoms with Crippen LogP contribution < -0.4 is 5.32 Å². The van der Waals surface area contributed by atoms with Gasteiger partial charge in [-0.05, 0) is 41.7 Å². The van der Waals surface area contributed by atoms with E-state index in [4.69, 9.17) is 0 Å². The number of nitrogens with one attached hydrogen (secondary N) is 1. The van der Waals surface area contributed by atoms with Gasteiger partial charge in [0, 0.05) is 43.8 Å². The normalized spacial score (nSPS) is 29.5. The molecule has 1 heterocycles. The standard InChI is InChI=1S/C14H31N3O/c1-11-8-17(9-12(2)16(11)6)10-13(18)7-15-14(3,4)5/h11-13,15,18H,7-10H2,1-6H3. The number of hydrogen-bond acceptors (Lipinski definition) is 4. The van der Waals surface area contributed by atoms with Gasteiger partial charge in [-0.15, -0.1) is 0 Å². The van der Waals surface area contributed by atoms with Crippen LogP contribution in [0.2, 0.25) is 0 Å². The predicted octanol–water partition coefficient (Wildman–Crippen LogP) is 0.760. The quantitative estimate of drug-likeness (QED) is 0.780. The fourth-order valence-corrected chi connectivity index (χ4v) is 2.45. The molecule has 0 aromatic carbocycles. The van der Waals surface area contributed by atoms with E-state index in [1.54, 1.807) is 0 Å². The predicted molar refractivity (Wildman–Crippen MR) is 76.9 cm³/mol. The molecule has 3 unspecified atom stereocenters. The Morgan fingerprint density at radius 1 is 1.22 bits per heavy atom. The third-order valence-corrected chi connectivity index (χ3v) is 3.77. The zero-order valence-electron chi connectivity index (χ0n) is 12.9. The van der Waals surface area contributed by atoms with Crippen LogP contribution in [0.5, 0.6) is 0 Å². The molecular weight excluding hydrogens is 226 g/mol. The number of aliphatic hydroxyl groups excluding tert-OH is 1. The topological polar surface area (TPSA) is 38.7 Å². The lowest BCUT2D eigenvalue weighted by atomic mass is 10.1. The summed E-state index contributed by atoms with van der Waals surface area (Å²) >= 11 is 0. The summed E-state index contributed by atoms with van der Waals surface area (Å²) in [5.41, 5.74) is 0.0731. The summed E-state index contributed by atoms with van der Waals surface area (Å²) in [6, 6.07) is 1.13. The van der Waals surface area contributed by atoms with E-state index in [0.717, 1.165) is 19.6 Å². The van der Waals surface area contributed by atoms with Crippen molar-refractivity contribution in [2.24, 2.45) is 0 Å². The van der Waals surface area contributed by atoms with E-state index in [9.17, 15) is 5.11 Å². The van der Waals surface area contributed by atoms with Crippen LogP contribution in [0, 0.1) is 0 Å². The Morgan fingerprint density at radius 3 is 2.17 bits per heavy atom. The number of hydrogen-bond donors (Lipinski definition) is 2. The van der Waals surface area contributed by atoms with Crippen molar-refractivity contribution in [3.05, 3.63) is 0 Å². The number of piperazine rings is 1. The molecular formula is C14H31N3O. The number of rotatable bonds is 4. The van der Waals surface area contributed by atoms with Crippen LogP contribution in [-0.2, 0) is 0 Å². The van der Waals surface area contributed by atoms with Gasteiger partial charge in [0.2, 0.25) is 0 Å². The average Bonchev–Trinajstić information content (AvgIpc) is 2.22. The Morgan fingerprint density at radius 2 is 1.72 bits per heavy atom. The molecule has 1 fully saturated rings. The van der Waals surface area contributed by atoms with Gasteiger partial charge in [-0.1, -0.05) is 0 Å². The van der Waals surface area contributed by atoms with Crippen LogP contribution in [0.15, 0.2) is 0 Å². The second-order valence-corrected chi connectivity index (χ2v) is 6.87. The van der Waals surface area contributed by atoms with E-state index in [-0.39, 0.29) is 11.6 Å². The maximum atomic E-state index is 10.1. The second-order valence-electron chi connectivity index (χ2n) is 6.87. The molecule has 0 radical (unpaired) electrons. The lowest BCUT2D eigenvalue weighted by Gasteiger charge is -2.43. The van der Waals surface area contributed by atoms with Crippen molar-refractivity contribution in [2.45, 2.75) is 58.3 Å².